The van der Waals surface area contributed by atoms with Crippen LogP contribution >= 0.6 is 0 Å². The molecular weight excluding hydrogens is 226 g/mol. The molecule has 0 amide bonds. The Morgan fingerprint density at radius 2 is 2.00 bits per heavy atom. The summed E-state index contributed by atoms with van der Waals surface area (Å²) in [7, 11) is 0. The summed E-state index contributed by atoms with van der Waals surface area (Å²) in [5.74, 6) is 1.69. The predicted molar refractivity (Wildman–Crippen MR) is 70.4 cm³/mol. The van der Waals surface area contributed by atoms with Gasteiger partial charge in [0.05, 0.1) is 11.7 Å². The van der Waals surface area contributed by atoms with Gasteiger partial charge in [0.2, 0.25) is 0 Å². The van der Waals surface area contributed by atoms with Gasteiger partial charge in [0.15, 0.2) is 5.82 Å². The van der Waals surface area contributed by atoms with E-state index in [9.17, 15) is 0 Å². The van der Waals surface area contributed by atoms with Gasteiger partial charge in [-0.1, -0.05) is 18.2 Å². The monoisotopic (exact) mass is 239 g/mol. The van der Waals surface area contributed by atoms with E-state index in [1.54, 1.807) is 6.20 Å². The van der Waals surface area contributed by atoms with Gasteiger partial charge in [-0.05, 0) is 24.3 Å². The van der Waals surface area contributed by atoms with Crippen LogP contribution in [0.5, 0.6) is 5.75 Å². The SMILES string of the molecule is Nc1ccn2c(COc3ccccc3)ncc2c1. The van der Waals surface area contributed by atoms with Crippen molar-refractivity contribution in [3.05, 3.63) is 60.7 Å². The summed E-state index contributed by atoms with van der Waals surface area (Å²) < 4.78 is 7.65. The Balaban J connectivity index is 1.83. The molecule has 0 atom stereocenters. The second-order valence-electron chi connectivity index (χ2n) is 4.03. The average Bonchev–Trinajstić information content (AvgIpc) is 2.80. The second-order valence-corrected chi connectivity index (χ2v) is 4.03. The fraction of sp³-hybridized carbons (Fsp3) is 0.0714. The number of anilines is 1. The van der Waals surface area contributed by atoms with Crippen molar-refractivity contribution in [3.8, 4) is 5.75 Å². The maximum Gasteiger partial charge on any atom is 0.151 e. The molecule has 0 aliphatic heterocycles. The molecule has 0 fully saturated rings. The van der Waals surface area contributed by atoms with Gasteiger partial charge in [0.25, 0.3) is 0 Å². The van der Waals surface area contributed by atoms with E-state index in [2.05, 4.69) is 4.98 Å². The number of benzene rings is 1. The fourth-order valence-electron chi connectivity index (χ4n) is 1.84. The Hall–Kier alpha value is -2.49. The molecule has 2 N–H and O–H groups in total. The number of ether oxygens (including phenoxy) is 1. The van der Waals surface area contributed by atoms with E-state index in [4.69, 9.17) is 10.5 Å². The lowest BCUT2D eigenvalue weighted by Gasteiger charge is -2.05. The molecule has 2 heterocycles. The Bertz CT molecular complexity index is 661. The van der Waals surface area contributed by atoms with E-state index in [0.717, 1.165) is 22.8 Å². The van der Waals surface area contributed by atoms with Crippen molar-refractivity contribution in [2.24, 2.45) is 0 Å². The van der Waals surface area contributed by atoms with Crippen LogP contribution in [0.3, 0.4) is 0 Å². The summed E-state index contributed by atoms with van der Waals surface area (Å²) in [6.07, 6.45) is 3.70. The smallest absolute Gasteiger partial charge is 0.151 e. The molecule has 2 aromatic heterocycles. The van der Waals surface area contributed by atoms with Crippen molar-refractivity contribution in [2.75, 3.05) is 5.73 Å². The van der Waals surface area contributed by atoms with Crippen LogP contribution in [-0.2, 0) is 6.61 Å². The number of hydrogen-bond donors (Lipinski definition) is 1. The maximum absolute atomic E-state index is 5.73. The molecule has 0 unspecified atom stereocenters. The largest absolute Gasteiger partial charge is 0.486 e. The van der Waals surface area contributed by atoms with Crippen LogP contribution in [0.25, 0.3) is 5.52 Å². The summed E-state index contributed by atoms with van der Waals surface area (Å²) in [6.45, 7) is 0.433. The zero-order valence-electron chi connectivity index (χ0n) is 9.78. The first-order chi connectivity index (χ1) is 8.83. The van der Waals surface area contributed by atoms with Gasteiger partial charge in [0, 0.05) is 11.9 Å². The van der Waals surface area contributed by atoms with Crippen LogP contribution in [0.1, 0.15) is 5.82 Å². The predicted octanol–water partition coefficient (Wildman–Crippen LogP) is 2.50. The Labute approximate surface area is 105 Å². The molecule has 0 aliphatic rings. The number of rotatable bonds is 3. The highest BCUT2D eigenvalue weighted by Crippen LogP contribution is 2.14. The topological polar surface area (TPSA) is 52.5 Å². The summed E-state index contributed by atoms with van der Waals surface area (Å²) in [5, 5.41) is 0. The molecule has 90 valence electrons. The van der Waals surface area contributed by atoms with Gasteiger partial charge in [-0.25, -0.2) is 4.98 Å². The number of nitrogen functional groups attached to an aromatic ring is 1. The van der Waals surface area contributed by atoms with Crippen molar-refractivity contribution in [2.45, 2.75) is 6.61 Å². The molecule has 4 nitrogen and oxygen atoms in total. The summed E-state index contributed by atoms with van der Waals surface area (Å²) in [5.41, 5.74) is 7.43. The van der Waals surface area contributed by atoms with E-state index < -0.39 is 0 Å². The molecule has 3 aromatic rings. The zero-order valence-corrected chi connectivity index (χ0v) is 9.78. The van der Waals surface area contributed by atoms with Crippen molar-refractivity contribution in [1.29, 1.82) is 0 Å². The molecule has 18 heavy (non-hydrogen) atoms. The summed E-state index contributed by atoms with van der Waals surface area (Å²) >= 11 is 0. The lowest BCUT2D eigenvalue weighted by molar-refractivity contribution is 0.295. The third-order valence-corrected chi connectivity index (χ3v) is 2.74. The highest BCUT2D eigenvalue weighted by atomic mass is 16.5. The molecule has 0 saturated carbocycles. The standard InChI is InChI=1S/C14H13N3O/c15-11-6-7-17-12(8-11)9-16-14(17)10-18-13-4-2-1-3-5-13/h1-9H,10,15H2. The number of hydrogen-bond acceptors (Lipinski definition) is 3. The molecule has 1 aromatic carbocycles. The number of para-hydroxylation sites is 1. The molecule has 4 heteroatoms. The molecule has 0 radical (unpaired) electrons. The molecule has 0 saturated heterocycles. The molecule has 0 bridgehead atoms. The highest BCUT2D eigenvalue weighted by molar-refractivity contribution is 5.55. The van der Waals surface area contributed by atoms with Crippen LogP contribution in [0.4, 0.5) is 5.69 Å². The van der Waals surface area contributed by atoms with E-state index >= 15 is 0 Å². The minimum absolute atomic E-state index is 0.433. The van der Waals surface area contributed by atoms with Gasteiger partial charge in [-0.2, -0.15) is 0 Å². The number of nitrogens with zero attached hydrogens (tertiary/aromatic N) is 2. The number of imidazole rings is 1. The first-order valence-corrected chi connectivity index (χ1v) is 5.72. The molecular formula is C14H13N3O. The zero-order chi connectivity index (χ0) is 12.4. The van der Waals surface area contributed by atoms with E-state index in [-0.39, 0.29) is 0 Å². The van der Waals surface area contributed by atoms with E-state index in [1.165, 1.54) is 0 Å². The van der Waals surface area contributed by atoms with Crippen molar-refractivity contribution < 1.29 is 4.74 Å². The van der Waals surface area contributed by atoms with Gasteiger partial charge < -0.3 is 14.9 Å². The minimum atomic E-state index is 0.433. The van der Waals surface area contributed by atoms with E-state index in [1.807, 2.05) is 53.1 Å². The summed E-state index contributed by atoms with van der Waals surface area (Å²) in [6, 6.07) is 13.4. The normalized spacial score (nSPS) is 10.7. The van der Waals surface area contributed by atoms with Crippen LogP contribution in [0, 0.1) is 0 Å². The first-order valence-electron chi connectivity index (χ1n) is 5.72. The number of fused-ring (bicyclic) bond motifs is 1. The number of pyridine rings is 1. The summed E-state index contributed by atoms with van der Waals surface area (Å²) in [4.78, 5) is 4.33. The quantitative estimate of drug-likeness (QED) is 0.764. The lowest BCUT2D eigenvalue weighted by atomic mass is 10.3. The fourth-order valence-corrected chi connectivity index (χ4v) is 1.84. The third kappa shape index (κ3) is 2.00. The number of nitrogens with two attached hydrogens (primary N) is 1. The van der Waals surface area contributed by atoms with Crippen LogP contribution in [0.15, 0.2) is 54.9 Å². The van der Waals surface area contributed by atoms with Gasteiger partial charge >= 0.3 is 0 Å². The second kappa shape index (κ2) is 4.41. The average molecular weight is 239 g/mol. The Kier molecular flexibility index (Phi) is 2.61. The third-order valence-electron chi connectivity index (χ3n) is 2.74. The highest BCUT2D eigenvalue weighted by Gasteiger charge is 2.04. The Morgan fingerprint density at radius 3 is 2.83 bits per heavy atom. The number of aromatic nitrogens is 2. The Morgan fingerprint density at radius 1 is 1.17 bits per heavy atom. The molecule has 3 rings (SSSR count). The molecule has 0 aliphatic carbocycles. The van der Waals surface area contributed by atoms with Gasteiger partial charge in [0.1, 0.15) is 12.4 Å². The maximum atomic E-state index is 5.73. The van der Waals surface area contributed by atoms with Crippen molar-refractivity contribution in [3.63, 3.8) is 0 Å². The van der Waals surface area contributed by atoms with Gasteiger partial charge in [-0.3, -0.25) is 0 Å². The minimum Gasteiger partial charge on any atom is -0.486 e. The van der Waals surface area contributed by atoms with Crippen molar-refractivity contribution >= 4 is 11.2 Å². The van der Waals surface area contributed by atoms with Crippen LogP contribution < -0.4 is 10.5 Å². The first kappa shape index (κ1) is 10.7. The van der Waals surface area contributed by atoms with Crippen LogP contribution in [0.2, 0.25) is 0 Å². The lowest BCUT2D eigenvalue weighted by Crippen LogP contribution is -2.01. The van der Waals surface area contributed by atoms with Crippen LogP contribution in [-0.4, -0.2) is 9.38 Å². The van der Waals surface area contributed by atoms with Gasteiger partial charge in [-0.15, -0.1) is 0 Å². The van der Waals surface area contributed by atoms with E-state index in [0.29, 0.717) is 6.61 Å². The van der Waals surface area contributed by atoms with Crippen molar-refractivity contribution in [1.82, 2.24) is 9.38 Å². The molecule has 0 spiro atoms.